The van der Waals surface area contributed by atoms with E-state index in [9.17, 15) is 0 Å². The van der Waals surface area contributed by atoms with E-state index in [1.54, 1.807) is 6.33 Å². The molecule has 5 nitrogen and oxygen atoms in total. The topological polar surface area (TPSA) is 46.8 Å². The van der Waals surface area contributed by atoms with E-state index < -0.39 is 0 Å². The number of nitrogens with zero attached hydrogens (tertiary/aromatic N) is 5. The highest BCUT2D eigenvalue weighted by Gasteiger charge is 2.20. The third-order valence-electron chi connectivity index (χ3n) is 4.88. The van der Waals surface area contributed by atoms with Crippen LogP contribution in [0.5, 0.6) is 0 Å². The first-order chi connectivity index (χ1) is 11.6. The average Bonchev–Trinajstić information content (AvgIpc) is 2.99. The van der Waals surface area contributed by atoms with Gasteiger partial charge in [-0.15, -0.1) is 0 Å². The average molecular weight is 321 g/mol. The predicted molar refractivity (Wildman–Crippen MR) is 96.7 cm³/mol. The molecule has 2 aromatic heterocycles. The number of aryl methyl sites for hydroxylation is 2. The summed E-state index contributed by atoms with van der Waals surface area (Å²) >= 11 is 0. The summed E-state index contributed by atoms with van der Waals surface area (Å²) < 4.78 is 1.92. The molecule has 0 aliphatic carbocycles. The lowest BCUT2D eigenvalue weighted by atomic mass is 9.99. The van der Waals surface area contributed by atoms with E-state index in [0.717, 1.165) is 41.5 Å². The molecular formula is C19H23N5. The molecule has 0 N–H and O–H groups in total. The Morgan fingerprint density at radius 1 is 1.00 bits per heavy atom. The van der Waals surface area contributed by atoms with Crippen LogP contribution in [0.4, 0.5) is 5.82 Å². The van der Waals surface area contributed by atoms with E-state index in [1.165, 1.54) is 24.0 Å². The molecule has 3 heterocycles. The van der Waals surface area contributed by atoms with Gasteiger partial charge in [0, 0.05) is 13.1 Å². The van der Waals surface area contributed by atoms with Gasteiger partial charge in [-0.3, -0.25) is 0 Å². The quantitative estimate of drug-likeness (QED) is 0.722. The first-order valence-electron chi connectivity index (χ1n) is 8.64. The van der Waals surface area contributed by atoms with Gasteiger partial charge < -0.3 is 4.90 Å². The van der Waals surface area contributed by atoms with E-state index in [-0.39, 0.29) is 0 Å². The molecule has 24 heavy (non-hydrogen) atoms. The van der Waals surface area contributed by atoms with Crippen LogP contribution in [0.1, 0.15) is 30.9 Å². The van der Waals surface area contributed by atoms with Gasteiger partial charge in [-0.25, -0.2) is 14.6 Å². The lowest BCUT2D eigenvalue weighted by Crippen LogP contribution is -2.33. The molecule has 0 radical (unpaired) electrons. The number of fused-ring (bicyclic) bond motifs is 1. The van der Waals surface area contributed by atoms with Gasteiger partial charge in [-0.2, -0.15) is 5.10 Å². The molecule has 0 amide bonds. The van der Waals surface area contributed by atoms with E-state index in [2.05, 4.69) is 58.9 Å². The molecule has 0 atom stereocenters. The number of piperidine rings is 1. The zero-order valence-corrected chi connectivity index (χ0v) is 14.5. The lowest BCUT2D eigenvalue weighted by Gasteiger charge is -2.31. The van der Waals surface area contributed by atoms with Crippen molar-refractivity contribution in [3.05, 3.63) is 41.9 Å². The standard InChI is InChI=1S/C19H23N5/c1-13-4-6-23(7-5-13)18-17-11-22-24(19(17)21-12-20-18)16-9-14(2)8-15(3)10-16/h8-13H,4-7H2,1-3H3. The van der Waals surface area contributed by atoms with Gasteiger partial charge >= 0.3 is 0 Å². The largest absolute Gasteiger partial charge is 0.356 e. The Kier molecular flexibility index (Phi) is 3.71. The minimum atomic E-state index is 0.802. The number of rotatable bonds is 2. The van der Waals surface area contributed by atoms with Crippen molar-refractivity contribution in [1.82, 2.24) is 19.7 Å². The molecule has 1 aromatic carbocycles. The van der Waals surface area contributed by atoms with Crippen molar-refractivity contribution in [3.8, 4) is 5.69 Å². The highest BCUT2D eigenvalue weighted by molar-refractivity contribution is 5.87. The van der Waals surface area contributed by atoms with Crippen LogP contribution in [0.3, 0.4) is 0 Å². The maximum absolute atomic E-state index is 4.61. The van der Waals surface area contributed by atoms with Gasteiger partial charge in [0.05, 0.1) is 17.3 Å². The third kappa shape index (κ3) is 2.64. The Morgan fingerprint density at radius 2 is 1.71 bits per heavy atom. The first-order valence-corrected chi connectivity index (χ1v) is 8.64. The maximum atomic E-state index is 4.61. The normalized spacial score (nSPS) is 16.0. The molecule has 0 saturated carbocycles. The fraction of sp³-hybridized carbons (Fsp3) is 0.421. The van der Waals surface area contributed by atoms with Crippen molar-refractivity contribution in [3.63, 3.8) is 0 Å². The third-order valence-corrected chi connectivity index (χ3v) is 4.88. The van der Waals surface area contributed by atoms with Crippen molar-refractivity contribution in [2.75, 3.05) is 18.0 Å². The number of aromatic nitrogens is 4. The van der Waals surface area contributed by atoms with Gasteiger partial charge in [-0.05, 0) is 55.9 Å². The molecule has 4 rings (SSSR count). The second-order valence-corrected chi connectivity index (χ2v) is 7.01. The Hall–Kier alpha value is -2.43. The van der Waals surface area contributed by atoms with Crippen LogP contribution in [0, 0.1) is 19.8 Å². The van der Waals surface area contributed by atoms with Gasteiger partial charge in [-0.1, -0.05) is 13.0 Å². The van der Waals surface area contributed by atoms with Crippen molar-refractivity contribution in [1.29, 1.82) is 0 Å². The number of anilines is 1. The number of hydrogen-bond donors (Lipinski definition) is 0. The Balaban J connectivity index is 1.79. The Morgan fingerprint density at radius 3 is 2.42 bits per heavy atom. The molecule has 1 fully saturated rings. The second kappa shape index (κ2) is 5.89. The van der Waals surface area contributed by atoms with Crippen LogP contribution < -0.4 is 4.90 Å². The molecular weight excluding hydrogens is 298 g/mol. The SMILES string of the molecule is Cc1cc(C)cc(-n2ncc3c(N4CCC(C)CC4)ncnc32)c1. The van der Waals surface area contributed by atoms with Gasteiger partial charge in [0.1, 0.15) is 12.1 Å². The fourth-order valence-electron chi connectivity index (χ4n) is 3.57. The van der Waals surface area contributed by atoms with Crippen molar-refractivity contribution in [2.45, 2.75) is 33.6 Å². The summed E-state index contributed by atoms with van der Waals surface area (Å²) in [4.78, 5) is 11.4. The highest BCUT2D eigenvalue weighted by Crippen LogP contribution is 2.28. The first kappa shape index (κ1) is 15.1. The smallest absolute Gasteiger partial charge is 0.168 e. The van der Waals surface area contributed by atoms with Crippen molar-refractivity contribution in [2.24, 2.45) is 5.92 Å². The number of hydrogen-bond acceptors (Lipinski definition) is 4. The monoisotopic (exact) mass is 321 g/mol. The summed E-state index contributed by atoms with van der Waals surface area (Å²) in [5.74, 6) is 1.82. The van der Waals surface area contributed by atoms with Gasteiger partial charge in [0.15, 0.2) is 5.65 Å². The van der Waals surface area contributed by atoms with Gasteiger partial charge in [0.2, 0.25) is 0 Å². The summed E-state index contributed by atoms with van der Waals surface area (Å²) in [6.07, 6.45) is 6.00. The zero-order chi connectivity index (χ0) is 16.7. The molecule has 1 aliphatic heterocycles. The summed E-state index contributed by atoms with van der Waals surface area (Å²) in [6.45, 7) is 8.66. The zero-order valence-electron chi connectivity index (χ0n) is 14.5. The van der Waals surface area contributed by atoms with Gasteiger partial charge in [0.25, 0.3) is 0 Å². The number of benzene rings is 1. The van der Waals surface area contributed by atoms with Crippen LogP contribution in [-0.4, -0.2) is 32.8 Å². The van der Waals surface area contributed by atoms with Crippen LogP contribution in [-0.2, 0) is 0 Å². The summed E-state index contributed by atoms with van der Waals surface area (Å²) in [6, 6.07) is 6.46. The molecule has 5 heteroatoms. The summed E-state index contributed by atoms with van der Waals surface area (Å²) in [7, 11) is 0. The maximum Gasteiger partial charge on any atom is 0.168 e. The molecule has 0 unspecified atom stereocenters. The summed E-state index contributed by atoms with van der Waals surface area (Å²) in [5.41, 5.74) is 4.39. The Bertz CT molecular complexity index is 854. The molecule has 1 saturated heterocycles. The van der Waals surface area contributed by atoms with E-state index in [1.807, 2.05) is 10.9 Å². The summed E-state index contributed by atoms with van der Waals surface area (Å²) in [5, 5.41) is 5.64. The minimum absolute atomic E-state index is 0.802. The van der Waals surface area contributed by atoms with Crippen LogP contribution in [0.2, 0.25) is 0 Å². The van der Waals surface area contributed by atoms with E-state index in [4.69, 9.17) is 0 Å². The molecule has 3 aromatic rings. The molecule has 1 aliphatic rings. The minimum Gasteiger partial charge on any atom is -0.356 e. The van der Waals surface area contributed by atoms with E-state index >= 15 is 0 Å². The molecule has 0 spiro atoms. The van der Waals surface area contributed by atoms with Crippen LogP contribution in [0.15, 0.2) is 30.7 Å². The predicted octanol–water partition coefficient (Wildman–Crippen LogP) is 3.67. The molecule has 0 bridgehead atoms. The van der Waals surface area contributed by atoms with E-state index in [0.29, 0.717) is 0 Å². The van der Waals surface area contributed by atoms with Crippen molar-refractivity contribution < 1.29 is 0 Å². The van der Waals surface area contributed by atoms with Crippen LogP contribution in [0.25, 0.3) is 16.7 Å². The molecule has 124 valence electrons. The lowest BCUT2D eigenvalue weighted by molar-refractivity contribution is 0.437. The van der Waals surface area contributed by atoms with Crippen LogP contribution >= 0.6 is 0 Å². The highest BCUT2D eigenvalue weighted by atomic mass is 15.3. The fourth-order valence-corrected chi connectivity index (χ4v) is 3.57. The second-order valence-electron chi connectivity index (χ2n) is 7.01. The Labute approximate surface area is 142 Å². The van der Waals surface area contributed by atoms with Crippen molar-refractivity contribution >= 4 is 16.9 Å².